The molecular weight excluding hydrogens is 292 g/mol. The van der Waals surface area contributed by atoms with Crippen LogP contribution >= 0.6 is 0 Å². The summed E-state index contributed by atoms with van der Waals surface area (Å²) >= 11 is 0. The molecule has 1 unspecified atom stereocenters. The van der Waals surface area contributed by atoms with E-state index in [0.29, 0.717) is 12.4 Å². The maximum absolute atomic E-state index is 12.4. The van der Waals surface area contributed by atoms with Crippen LogP contribution in [0.2, 0.25) is 0 Å². The number of hydrogen-bond donors (Lipinski definition) is 2. The largest absolute Gasteiger partial charge is 0.495 e. The molecule has 0 radical (unpaired) electrons. The van der Waals surface area contributed by atoms with Gasteiger partial charge in [0.1, 0.15) is 10.6 Å². The molecule has 1 heterocycles. The SMILES string of the molecule is COc1ccc(CN)cc1S(=O)(=O)NCC1CCCCO1. The Kier molecular flexibility index (Phi) is 5.58. The van der Waals surface area contributed by atoms with Gasteiger partial charge >= 0.3 is 0 Å². The predicted octanol–water partition coefficient (Wildman–Crippen LogP) is 1.00. The highest BCUT2D eigenvalue weighted by Gasteiger charge is 2.22. The van der Waals surface area contributed by atoms with Crippen LogP contribution in [0.1, 0.15) is 24.8 Å². The molecule has 3 N–H and O–H groups in total. The molecule has 1 atom stereocenters. The zero-order chi connectivity index (χ0) is 15.3. The van der Waals surface area contributed by atoms with Gasteiger partial charge in [0, 0.05) is 19.7 Å². The van der Waals surface area contributed by atoms with Crippen molar-refractivity contribution in [3.05, 3.63) is 23.8 Å². The third-order valence-corrected chi connectivity index (χ3v) is 4.97. The van der Waals surface area contributed by atoms with E-state index in [4.69, 9.17) is 15.2 Å². The van der Waals surface area contributed by atoms with E-state index >= 15 is 0 Å². The molecule has 1 saturated heterocycles. The fourth-order valence-corrected chi connectivity index (χ4v) is 3.59. The van der Waals surface area contributed by atoms with Gasteiger partial charge < -0.3 is 15.2 Å². The molecule has 0 bridgehead atoms. The predicted molar refractivity (Wildman–Crippen MR) is 79.7 cm³/mol. The molecule has 118 valence electrons. The minimum Gasteiger partial charge on any atom is -0.495 e. The standard InChI is InChI=1S/C14H22N2O4S/c1-19-13-6-5-11(9-15)8-14(13)21(17,18)16-10-12-4-2-3-7-20-12/h5-6,8,12,16H,2-4,7,9-10,15H2,1H3. The lowest BCUT2D eigenvalue weighted by molar-refractivity contribution is 0.0200. The van der Waals surface area contributed by atoms with Crippen molar-refractivity contribution in [3.8, 4) is 5.75 Å². The zero-order valence-electron chi connectivity index (χ0n) is 12.2. The number of nitrogens with one attached hydrogen (secondary N) is 1. The summed E-state index contributed by atoms with van der Waals surface area (Å²) in [6.07, 6.45) is 2.92. The lowest BCUT2D eigenvalue weighted by atomic mass is 10.1. The highest BCUT2D eigenvalue weighted by Crippen LogP contribution is 2.25. The van der Waals surface area contributed by atoms with Crippen molar-refractivity contribution in [2.45, 2.75) is 36.8 Å². The van der Waals surface area contributed by atoms with Crippen LogP contribution in [0.15, 0.2) is 23.1 Å². The average molecular weight is 314 g/mol. The lowest BCUT2D eigenvalue weighted by Crippen LogP contribution is -2.35. The van der Waals surface area contributed by atoms with E-state index in [1.807, 2.05) is 0 Å². The van der Waals surface area contributed by atoms with Crippen LogP contribution < -0.4 is 15.2 Å². The molecule has 1 fully saturated rings. The molecule has 21 heavy (non-hydrogen) atoms. The summed E-state index contributed by atoms with van der Waals surface area (Å²) < 4.78 is 38.1. The van der Waals surface area contributed by atoms with Crippen LogP contribution in [0.25, 0.3) is 0 Å². The highest BCUT2D eigenvalue weighted by atomic mass is 32.2. The van der Waals surface area contributed by atoms with E-state index in [1.54, 1.807) is 18.2 Å². The number of ether oxygens (including phenoxy) is 2. The quantitative estimate of drug-likeness (QED) is 0.817. The number of nitrogens with two attached hydrogens (primary N) is 1. The number of rotatable bonds is 6. The van der Waals surface area contributed by atoms with Crippen molar-refractivity contribution >= 4 is 10.0 Å². The number of sulfonamides is 1. The van der Waals surface area contributed by atoms with Crippen LogP contribution in [-0.4, -0.2) is 34.8 Å². The van der Waals surface area contributed by atoms with Gasteiger partial charge in [0.05, 0.1) is 13.2 Å². The molecule has 0 spiro atoms. The molecule has 6 nitrogen and oxygen atoms in total. The monoisotopic (exact) mass is 314 g/mol. The average Bonchev–Trinajstić information content (AvgIpc) is 2.53. The van der Waals surface area contributed by atoms with Crippen molar-refractivity contribution in [2.75, 3.05) is 20.3 Å². The summed E-state index contributed by atoms with van der Waals surface area (Å²) in [6.45, 7) is 1.25. The van der Waals surface area contributed by atoms with Gasteiger partial charge in [0.2, 0.25) is 10.0 Å². The molecule has 2 rings (SSSR count). The Bertz CT molecular complexity index is 568. The highest BCUT2D eigenvalue weighted by molar-refractivity contribution is 7.89. The summed E-state index contributed by atoms with van der Waals surface area (Å²) in [4.78, 5) is 0.115. The topological polar surface area (TPSA) is 90.7 Å². The third-order valence-electron chi connectivity index (χ3n) is 3.53. The van der Waals surface area contributed by atoms with Crippen molar-refractivity contribution in [2.24, 2.45) is 5.73 Å². The Balaban J connectivity index is 2.14. The van der Waals surface area contributed by atoms with E-state index in [2.05, 4.69) is 4.72 Å². The molecule has 0 saturated carbocycles. The Hall–Kier alpha value is -1.15. The summed E-state index contributed by atoms with van der Waals surface area (Å²) in [7, 11) is -2.20. The maximum Gasteiger partial charge on any atom is 0.244 e. The summed E-state index contributed by atoms with van der Waals surface area (Å²) in [5.74, 6) is 0.310. The van der Waals surface area contributed by atoms with Gasteiger partial charge in [-0.3, -0.25) is 0 Å². The first-order valence-electron chi connectivity index (χ1n) is 7.05. The van der Waals surface area contributed by atoms with Gasteiger partial charge in [0.25, 0.3) is 0 Å². The number of methoxy groups -OCH3 is 1. The first-order valence-corrected chi connectivity index (χ1v) is 8.53. The fraction of sp³-hybridized carbons (Fsp3) is 0.571. The van der Waals surface area contributed by atoms with Gasteiger partial charge in [0.15, 0.2) is 0 Å². The van der Waals surface area contributed by atoms with E-state index < -0.39 is 10.0 Å². The van der Waals surface area contributed by atoms with Crippen molar-refractivity contribution < 1.29 is 17.9 Å². The normalized spacial score (nSPS) is 19.4. The first kappa shape index (κ1) is 16.2. The van der Waals surface area contributed by atoms with Crippen LogP contribution in [0.3, 0.4) is 0 Å². The van der Waals surface area contributed by atoms with Crippen LogP contribution in [0.5, 0.6) is 5.75 Å². The van der Waals surface area contributed by atoms with Gasteiger partial charge in [-0.05, 0) is 37.0 Å². The summed E-state index contributed by atoms with van der Waals surface area (Å²) in [6, 6.07) is 4.92. The first-order chi connectivity index (χ1) is 10.1. The summed E-state index contributed by atoms with van der Waals surface area (Å²) in [5.41, 5.74) is 6.31. The Morgan fingerprint density at radius 2 is 2.24 bits per heavy atom. The third kappa shape index (κ3) is 4.16. The van der Waals surface area contributed by atoms with Crippen molar-refractivity contribution in [3.63, 3.8) is 0 Å². The molecular formula is C14H22N2O4S. The van der Waals surface area contributed by atoms with Gasteiger partial charge in [-0.1, -0.05) is 6.07 Å². The molecule has 1 aromatic carbocycles. The van der Waals surface area contributed by atoms with E-state index in [-0.39, 0.29) is 24.1 Å². The van der Waals surface area contributed by atoms with Crippen LogP contribution in [-0.2, 0) is 21.3 Å². The molecule has 7 heteroatoms. The molecule has 0 aliphatic carbocycles. The molecule has 1 aliphatic heterocycles. The van der Waals surface area contributed by atoms with E-state index in [9.17, 15) is 8.42 Å². The Morgan fingerprint density at radius 1 is 1.43 bits per heavy atom. The zero-order valence-corrected chi connectivity index (χ0v) is 13.0. The molecule has 1 aliphatic rings. The Morgan fingerprint density at radius 3 is 2.86 bits per heavy atom. The van der Waals surface area contributed by atoms with Crippen LogP contribution in [0.4, 0.5) is 0 Å². The van der Waals surface area contributed by atoms with Crippen LogP contribution in [0, 0.1) is 0 Å². The second kappa shape index (κ2) is 7.22. The van der Waals surface area contributed by atoms with Crippen molar-refractivity contribution in [1.29, 1.82) is 0 Å². The van der Waals surface area contributed by atoms with Gasteiger partial charge in [-0.25, -0.2) is 13.1 Å². The Labute approximate surface area is 125 Å². The van der Waals surface area contributed by atoms with Crippen molar-refractivity contribution in [1.82, 2.24) is 4.72 Å². The minimum absolute atomic E-state index is 0.0581. The number of hydrogen-bond acceptors (Lipinski definition) is 5. The fourth-order valence-electron chi connectivity index (χ4n) is 2.31. The second-order valence-corrected chi connectivity index (χ2v) is 6.77. The number of benzene rings is 1. The second-order valence-electron chi connectivity index (χ2n) is 5.03. The van der Waals surface area contributed by atoms with E-state index in [1.165, 1.54) is 7.11 Å². The lowest BCUT2D eigenvalue weighted by Gasteiger charge is -2.23. The van der Waals surface area contributed by atoms with E-state index in [0.717, 1.165) is 24.8 Å². The maximum atomic E-state index is 12.4. The molecule has 0 amide bonds. The molecule has 0 aromatic heterocycles. The molecule has 1 aromatic rings. The smallest absolute Gasteiger partial charge is 0.244 e. The summed E-state index contributed by atoms with van der Waals surface area (Å²) in [5, 5.41) is 0. The minimum atomic E-state index is -3.65. The van der Waals surface area contributed by atoms with Gasteiger partial charge in [-0.15, -0.1) is 0 Å². The van der Waals surface area contributed by atoms with Gasteiger partial charge in [-0.2, -0.15) is 0 Å².